The van der Waals surface area contributed by atoms with Gasteiger partial charge in [0.25, 0.3) is 0 Å². The predicted octanol–water partition coefficient (Wildman–Crippen LogP) is 4.43. The normalized spacial score (nSPS) is 14.7. The molecule has 1 aromatic carbocycles. The van der Waals surface area contributed by atoms with Crippen molar-refractivity contribution in [3.8, 4) is 0 Å². The lowest BCUT2D eigenvalue weighted by molar-refractivity contribution is 0.426. The second kappa shape index (κ2) is 5.81. The Labute approximate surface area is 117 Å². The summed E-state index contributed by atoms with van der Waals surface area (Å²) in [6.45, 7) is 4.38. The Bertz CT molecular complexity index is 539. The first-order valence-corrected chi connectivity index (χ1v) is 7.23. The van der Waals surface area contributed by atoms with Crippen molar-refractivity contribution in [2.45, 2.75) is 32.7 Å². The fourth-order valence-electron chi connectivity index (χ4n) is 2.24. The van der Waals surface area contributed by atoms with Crippen LogP contribution in [-0.4, -0.2) is 4.98 Å². The van der Waals surface area contributed by atoms with E-state index in [4.69, 9.17) is 10.7 Å². The van der Waals surface area contributed by atoms with Gasteiger partial charge in [0, 0.05) is 9.86 Å². The monoisotopic (exact) mass is 306 g/mol. The molecule has 2 nitrogen and oxygen atoms in total. The number of halogens is 1. The molecule has 1 heterocycles. The number of nitrogens with two attached hydrogens (primary N) is 1. The van der Waals surface area contributed by atoms with E-state index < -0.39 is 0 Å². The highest BCUT2D eigenvalue weighted by atomic mass is 79.9. The lowest BCUT2D eigenvalue weighted by atomic mass is 9.94. The fraction of sp³-hybridized carbons (Fsp3) is 0.400. The van der Waals surface area contributed by atoms with Crippen LogP contribution in [0.25, 0.3) is 10.9 Å². The van der Waals surface area contributed by atoms with Crippen molar-refractivity contribution in [3.63, 3.8) is 0 Å². The van der Waals surface area contributed by atoms with Crippen LogP contribution in [0.1, 0.15) is 38.4 Å². The van der Waals surface area contributed by atoms with Crippen molar-refractivity contribution in [1.82, 2.24) is 4.98 Å². The van der Waals surface area contributed by atoms with Gasteiger partial charge in [-0.05, 0) is 40.4 Å². The van der Waals surface area contributed by atoms with Crippen LogP contribution in [0.3, 0.4) is 0 Å². The van der Waals surface area contributed by atoms with Gasteiger partial charge in [0.05, 0.1) is 17.3 Å². The zero-order valence-corrected chi connectivity index (χ0v) is 12.4. The van der Waals surface area contributed by atoms with Crippen LogP contribution < -0.4 is 5.73 Å². The summed E-state index contributed by atoms with van der Waals surface area (Å²) >= 11 is 3.59. The summed E-state index contributed by atoms with van der Waals surface area (Å²) in [6.07, 6.45) is 2.28. The summed E-state index contributed by atoms with van der Waals surface area (Å²) in [5, 5.41) is 1.14. The van der Waals surface area contributed by atoms with Crippen LogP contribution >= 0.6 is 15.9 Å². The van der Waals surface area contributed by atoms with E-state index in [-0.39, 0.29) is 6.04 Å². The molecule has 0 amide bonds. The van der Waals surface area contributed by atoms with Gasteiger partial charge in [-0.2, -0.15) is 0 Å². The van der Waals surface area contributed by atoms with E-state index in [2.05, 4.69) is 41.9 Å². The zero-order valence-electron chi connectivity index (χ0n) is 10.9. The van der Waals surface area contributed by atoms with E-state index >= 15 is 0 Å². The molecule has 18 heavy (non-hydrogen) atoms. The molecular formula is C15H19BrN2. The summed E-state index contributed by atoms with van der Waals surface area (Å²) in [5.74, 6) is 0.444. The second-order valence-electron chi connectivity index (χ2n) is 4.84. The van der Waals surface area contributed by atoms with Crippen molar-refractivity contribution in [2.24, 2.45) is 11.7 Å². The Morgan fingerprint density at radius 1 is 1.33 bits per heavy atom. The number of aromatic nitrogens is 1. The van der Waals surface area contributed by atoms with Crippen LogP contribution in [0, 0.1) is 5.92 Å². The number of hydrogen-bond donors (Lipinski definition) is 1. The van der Waals surface area contributed by atoms with Gasteiger partial charge in [-0.25, -0.2) is 4.98 Å². The van der Waals surface area contributed by atoms with Crippen LogP contribution in [0.15, 0.2) is 34.8 Å². The Balaban J connectivity index is 2.41. The molecule has 2 atom stereocenters. The minimum atomic E-state index is -0.0102. The molecule has 0 saturated heterocycles. The Morgan fingerprint density at radius 3 is 2.78 bits per heavy atom. The van der Waals surface area contributed by atoms with Crippen LogP contribution in [-0.2, 0) is 0 Å². The van der Waals surface area contributed by atoms with Crippen LogP contribution in [0.5, 0.6) is 0 Å². The third-order valence-electron chi connectivity index (χ3n) is 3.38. The van der Waals surface area contributed by atoms with Crippen molar-refractivity contribution < 1.29 is 0 Å². The number of fused-ring (bicyclic) bond motifs is 1. The van der Waals surface area contributed by atoms with Crippen LogP contribution in [0.2, 0.25) is 0 Å². The van der Waals surface area contributed by atoms with E-state index in [1.165, 1.54) is 0 Å². The summed E-state index contributed by atoms with van der Waals surface area (Å²) in [6, 6.07) is 10.2. The molecule has 96 valence electrons. The summed E-state index contributed by atoms with van der Waals surface area (Å²) in [7, 11) is 0. The Morgan fingerprint density at radius 2 is 2.06 bits per heavy atom. The molecule has 0 aliphatic rings. The largest absolute Gasteiger partial charge is 0.322 e. The first kappa shape index (κ1) is 13.5. The molecule has 2 N–H and O–H groups in total. The van der Waals surface area contributed by atoms with Crippen LogP contribution in [0.4, 0.5) is 0 Å². The maximum absolute atomic E-state index is 6.32. The molecule has 0 radical (unpaired) electrons. The first-order valence-electron chi connectivity index (χ1n) is 6.44. The van der Waals surface area contributed by atoms with E-state index in [9.17, 15) is 0 Å². The zero-order chi connectivity index (χ0) is 13.1. The number of nitrogens with zero attached hydrogens (tertiary/aromatic N) is 1. The molecule has 2 unspecified atom stereocenters. The van der Waals surface area contributed by atoms with Gasteiger partial charge < -0.3 is 5.73 Å². The van der Waals surface area contributed by atoms with E-state index in [1.807, 2.05) is 18.2 Å². The minimum Gasteiger partial charge on any atom is -0.322 e. The quantitative estimate of drug-likeness (QED) is 0.907. The molecule has 0 fully saturated rings. The Hall–Kier alpha value is -0.930. The number of hydrogen-bond acceptors (Lipinski definition) is 2. The smallest absolute Gasteiger partial charge is 0.0723 e. The van der Waals surface area contributed by atoms with Gasteiger partial charge >= 0.3 is 0 Å². The molecule has 1 aromatic heterocycles. The molecule has 0 spiro atoms. The molecule has 3 heteroatoms. The molecule has 0 bridgehead atoms. The standard InChI is InChI=1S/C15H19BrN2/c1-3-6-10(2)14(17)15-12(16)9-11-7-4-5-8-13(11)18-15/h4-5,7-10,14H,3,6,17H2,1-2H3. The molecule has 0 aliphatic heterocycles. The lowest BCUT2D eigenvalue weighted by Gasteiger charge is -2.20. The lowest BCUT2D eigenvalue weighted by Crippen LogP contribution is -2.20. The van der Waals surface area contributed by atoms with Crippen molar-refractivity contribution >= 4 is 26.8 Å². The topological polar surface area (TPSA) is 38.9 Å². The number of pyridine rings is 1. The second-order valence-corrected chi connectivity index (χ2v) is 5.69. The summed E-state index contributed by atoms with van der Waals surface area (Å²) in [4.78, 5) is 4.71. The van der Waals surface area contributed by atoms with E-state index in [0.717, 1.165) is 33.9 Å². The van der Waals surface area contributed by atoms with Crippen molar-refractivity contribution in [1.29, 1.82) is 0 Å². The minimum absolute atomic E-state index is 0.0102. The number of para-hydroxylation sites is 1. The van der Waals surface area contributed by atoms with Gasteiger partial charge in [0.15, 0.2) is 0 Å². The van der Waals surface area contributed by atoms with Gasteiger partial charge in [-0.15, -0.1) is 0 Å². The molecule has 0 saturated carbocycles. The van der Waals surface area contributed by atoms with Gasteiger partial charge in [-0.3, -0.25) is 0 Å². The third-order valence-corrected chi connectivity index (χ3v) is 4.01. The first-order chi connectivity index (χ1) is 8.63. The number of rotatable bonds is 4. The highest BCUT2D eigenvalue weighted by molar-refractivity contribution is 9.10. The average Bonchev–Trinajstić information content (AvgIpc) is 2.37. The summed E-state index contributed by atoms with van der Waals surface area (Å²) in [5.41, 5.74) is 8.30. The maximum Gasteiger partial charge on any atom is 0.0723 e. The highest BCUT2D eigenvalue weighted by Crippen LogP contribution is 2.30. The van der Waals surface area contributed by atoms with Gasteiger partial charge in [-0.1, -0.05) is 38.5 Å². The molecule has 2 rings (SSSR count). The Kier molecular flexibility index (Phi) is 4.36. The molecule has 2 aromatic rings. The third kappa shape index (κ3) is 2.73. The number of benzene rings is 1. The SMILES string of the molecule is CCCC(C)C(N)c1nc2ccccc2cc1Br. The van der Waals surface area contributed by atoms with E-state index in [1.54, 1.807) is 0 Å². The van der Waals surface area contributed by atoms with Gasteiger partial charge in [0.1, 0.15) is 0 Å². The highest BCUT2D eigenvalue weighted by Gasteiger charge is 2.18. The van der Waals surface area contributed by atoms with Gasteiger partial charge in [0.2, 0.25) is 0 Å². The molecular weight excluding hydrogens is 288 g/mol. The predicted molar refractivity (Wildman–Crippen MR) is 80.4 cm³/mol. The van der Waals surface area contributed by atoms with Crippen molar-refractivity contribution in [2.75, 3.05) is 0 Å². The van der Waals surface area contributed by atoms with E-state index in [0.29, 0.717) is 5.92 Å². The maximum atomic E-state index is 6.32. The average molecular weight is 307 g/mol. The van der Waals surface area contributed by atoms with Crippen molar-refractivity contribution in [3.05, 3.63) is 40.5 Å². The fourth-order valence-corrected chi connectivity index (χ4v) is 2.84. The summed E-state index contributed by atoms with van der Waals surface area (Å²) < 4.78 is 1.01. The molecule has 0 aliphatic carbocycles.